The Labute approximate surface area is 165 Å². The summed E-state index contributed by atoms with van der Waals surface area (Å²) in [6, 6.07) is 4.32. The van der Waals surface area contributed by atoms with Gasteiger partial charge in [-0.05, 0) is 45.4 Å². The predicted octanol–water partition coefficient (Wildman–Crippen LogP) is 5.83. The number of halogens is 3. The average molecular weight is 443 g/mol. The molecule has 0 fully saturated rings. The third-order valence-corrected chi connectivity index (χ3v) is 3.98. The summed E-state index contributed by atoms with van der Waals surface area (Å²) in [7, 11) is 0. The normalized spacial score (nSPS) is 11.2. The zero-order valence-electron chi connectivity index (χ0n) is 14.6. The molecule has 0 bridgehead atoms. The Morgan fingerprint density at radius 2 is 2.12 bits per heavy atom. The van der Waals surface area contributed by atoms with Gasteiger partial charge in [0, 0.05) is 10.0 Å². The number of carbonyl (C=O) groups excluding carboxylic acids is 1. The SMILES string of the molecule is C=CCc1c(Cl)ncnc1N(C(=O)OC(C)(C)C)c1ccc(Br)cc1F. The molecule has 0 atom stereocenters. The lowest BCUT2D eigenvalue weighted by molar-refractivity contribution is 0.0597. The van der Waals surface area contributed by atoms with Crippen molar-refractivity contribution in [3.8, 4) is 0 Å². The first kappa shape index (κ1) is 20.3. The second kappa shape index (κ2) is 8.14. The van der Waals surface area contributed by atoms with Gasteiger partial charge in [0.25, 0.3) is 0 Å². The van der Waals surface area contributed by atoms with Crippen molar-refractivity contribution in [2.45, 2.75) is 32.8 Å². The molecule has 138 valence electrons. The fraction of sp³-hybridized carbons (Fsp3) is 0.278. The second-order valence-electron chi connectivity index (χ2n) is 6.37. The summed E-state index contributed by atoms with van der Waals surface area (Å²) in [5.41, 5.74) is -0.351. The van der Waals surface area contributed by atoms with Crippen LogP contribution in [0.2, 0.25) is 5.15 Å². The molecular formula is C18H18BrClFN3O2. The standard InChI is InChI=1S/C18H18BrClFN3O2/c1-5-6-12-15(20)22-10-23-16(12)24(17(25)26-18(2,3)4)14-8-7-11(19)9-13(14)21/h5,7-10H,1,6H2,2-4H3. The van der Waals surface area contributed by atoms with Crippen LogP contribution in [-0.2, 0) is 11.2 Å². The number of amides is 1. The fourth-order valence-corrected chi connectivity index (χ4v) is 2.70. The lowest BCUT2D eigenvalue weighted by Crippen LogP contribution is -2.35. The van der Waals surface area contributed by atoms with Crippen molar-refractivity contribution in [1.82, 2.24) is 9.97 Å². The third-order valence-electron chi connectivity index (χ3n) is 3.16. The molecule has 2 aromatic rings. The first-order chi connectivity index (χ1) is 12.1. The van der Waals surface area contributed by atoms with E-state index in [4.69, 9.17) is 16.3 Å². The van der Waals surface area contributed by atoms with E-state index in [-0.39, 0.29) is 16.7 Å². The molecular weight excluding hydrogens is 425 g/mol. The highest BCUT2D eigenvalue weighted by Gasteiger charge is 2.30. The van der Waals surface area contributed by atoms with E-state index in [9.17, 15) is 9.18 Å². The molecule has 26 heavy (non-hydrogen) atoms. The van der Waals surface area contributed by atoms with E-state index < -0.39 is 17.5 Å². The molecule has 1 amide bonds. The number of hydrogen-bond donors (Lipinski definition) is 0. The summed E-state index contributed by atoms with van der Waals surface area (Å²) in [4.78, 5) is 22.0. The monoisotopic (exact) mass is 441 g/mol. The van der Waals surface area contributed by atoms with Crippen LogP contribution in [0.25, 0.3) is 0 Å². The molecule has 0 N–H and O–H groups in total. The van der Waals surface area contributed by atoms with Gasteiger partial charge in [0.1, 0.15) is 22.9 Å². The Bertz CT molecular complexity index is 840. The molecule has 0 spiro atoms. The van der Waals surface area contributed by atoms with Crippen molar-refractivity contribution in [2.75, 3.05) is 4.90 Å². The summed E-state index contributed by atoms with van der Waals surface area (Å²) >= 11 is 9.37. The quantitative estimate of drug-likeness (QED) is 0.441. The van der Waals surface area contributed by atoms with Gasteiger partial charge in [-0.15, -0.1) is 6.58 Å². The van der Waals surface area contributed by atoms with E-state index in [0.717, 1.165) is 4.90 Å². The van der Waals surface area contributed by atoms with Gasteiger partial charge in [0.05, 0.1) is 5.69 Å². The number of ether oxygens (including phenoxy) is 1. The molecule has 1 heterocycles. The van der Waals surface area contributed by atoms with Crippen LogP contribution in [0.3, 0.4) is 0 Å². The maximum Gasteiger partial charge on any atom is 0.420 e. The lowest BCUT2D eigenvalue weighted by atomic mass is 10.2. The smallest absolute Gasteiger partial charge is 0.420 e. The van der Waals surface area contributed by atoms with E-state index in [1.165, 1.54) is 18.5 Å². The number of hydrogen-bond acceptors (Lipinski definition) is 4. The molecule has 0 aliphatic rings. The first-order valence-electron chi connectivity index (χ1n) is 7.72. The van der Waals surface area contributed by atoms with Gasteiger partial charge in [-0.25, -0.2) is 24.1 Å². The molecule has 8 heteroatoms. The molecule has 1 aromatic carbocycles. The average Bonchev–Trinajstić information content (AvgIpc) is 2.51. The van der Waals surface area contributed by atoms with Gasteiger partial charge >= 0.3 is 6.09 Å². The van der Waals surface area contributed by atoms with Crippen molar-refractivity contribution in [2.24, 2.45) is 0 Å². The lowest BCUT2D eigenvalue weighted by Gasteiger charge is -2.28. The van der Waals surface area contributed by atoms with Crippen molar-refractivity contribution >= 4 is 45.1 Å². The highest BCUT2D eigenvalue weighted by Crippen LogP contribution is 2.34. The molecule has 2 rings (SSSR count). The van der Waals surface area contributed by atoms with Crippen molar-refractivity contribution in [3.05, 3.63) is 58.2 Å². The molecule has 0 radical (unpaired) electrons. The van der Waals surface area contributed by atoms with Crippen LogP contribution >= 0.6 is 27.5 Å². The Morgan fingerprint density at radius 3 is 2.69 bits per heavy atom. The summed E-state index contributed by atoms with van der Waals surface area (Å²) < 4.78 is 20.6. The van der Waals surface area contributed by atoms with Crippen molar-refractivity contribution in [1.29, 1.82) is 0 Å². The number of benzene rings is 1. The molecule has 0 aliphatic heterocycles. The fourth-order valence-electron chi connectivity index (χ4n) is 2.16. The summed E-state index contributed by atoms with van der Waals surface area (Å²) in [6.45, 7) is 8.84. The van der Waals surface area contributed by atoms with Gasteiger partial charge in [-0.3, -0.25) is 0 Å². The van der Waals surface area contributed by atoms with Crippen LogP contribution in [0.1, 0.15) is 26.3 Å². The number of allylic oxidation sites excluding steroid dienone is 1. The van der Waals surface area contributed by atoms with E-state index in [0.29, 0.717) is 16.5 Å². The number of rotatable bonds is 4. The number of nitrogens with zero attached hydrogens (tertiary/aromatic N) is 3. The number of aromatic nitrogens is 2. The maximum atomic E-state index is 14.6. The largest absolute Gasteiger partial charge is 0.443 e. The summed E-state index contributed by atoms with van der Waals surface area (Å²) in [5.74, 6) is -0.482. The van der Waals surface area contributed by atoms with E-state index in [2.05, 4.69) is 32.5 Å². The molecule has 5 nitrogen and oxygen atoms in total. The zero-order chi connectivity index (χ0) is 19.5. The van der Waals surface area contributed by atoms with Crippen molar-refractivity contribution < 1.29 is 13.9 Å². The van der Waals surface area contributed by atoms with Gasteiger partial charge in [-0.1, -0.05) is 33.6 Å². The highest BCUT2D eigenvalue weighted by molar-refractivity contribution is 9.10. The minimum absolute atomic E-state index is 0.0115. The summed E-state index contributed by atoms with van der Waals surface area (Å²) in [6.07, 6.45) is 2.32. The topological polar surface area (TPSA) is 55.3 Å². The van der Waals surface area contributed by atoms with Gasteiger partial charge in [0.2, 0.25) is 0 Å². The predicted molar refractivity (Wildman–Crippen MR) is 103 cm³/mol. The van der Waals surface area contributed by atoms with Gasteiger partial charge in [0.15, 0.2) is 5.82 Å². The Kier molecular flexibility index (Phi) is 6.36. The van der Waals surface area contributed by atoms with Crippen LogP contribution in [0.15, 0.2) is 41.7 Å². The molecule has 0 saturated heterocycles. The molecule has 0 unspecified atom stereocenters. The minimum atomic E-state index is -0.781. The van der Waals surface area contributed by atoms with Crippen LogP contribution in [0, 0.1) is 5.82 Å². The van der Waals surface area contributed by atoms with Crippen LogP contribution in [0.5, 0.6) is 0 Å². The number of anilines is 2. The Hall–Kier alpha value is -1.99. The van der Waals surface area contributed by atoms with Crippen LogP contribution in [0.4, 0.5) is 20.7 Å². The van der Waals surface area contributed by atoms with Gasteiger partial charge in [-0.2, -0.15) is 0 Å². The highest BCUT2D eigenvalue weighted by atomic mass is 79.9. The molecule has 0 saturated carbocycles. The molecule has 1 aromatic heterocycles. The van der Waals surface area contributed by atoms with Crippen molar-refractivity contribution in [3.63, 3.8) is 0 Å². The maximum absolute atomic E-state index is 14.6. The molecule has 0 aliphatic carbocycles. The van der Waals surface area contributed by atoms with E-state index >= 15 is 0 Å². The number of carbonyl (C=O) groups is 1. The Morgan fingerprint density at radius 1 is 1.42 bits per heavy atom. The van der Waals surface area contributed by atoms with E-state index in [1.54, 1.807) is 32.9 Å². The minimum Gasteiger partial charge on any atom is -0.443 e. The van der Waals surface area contributed by atoms with E-state index in [1.807, 2.05) is 0 Å². The second-order valence-corrected chi connectivity index (χ2v) is 7.64. The zero-order valence-corrected chi connectivity index (χ0v) is 16.9. The Balaban J connectivity index is 2.67. The van der Waals surface area contributed by atoms with Crippen LogP contribution < -0.4 is 4.90 Å². The first-order valence-corrected chi connectivity index (χ1v) is 8.89. The summed E-state index contributed by atoms with van der Waals surface area (Å²) in [5, 5.41) is 0.154. The van der Waals surface area contributed by atoms with Gasteiger partial charge < -0.3 is 4.74 Å². The third kappa shape index (κ3) is 4.80. The van der Waals surface area contributed by atoms with Crippen LogP contribution in [-0.4, -0.2) is 21.7 Å².